The number of anilines is 2. The molecule has 3 aliphatic rings. The van der Waals surface area contributed by atoms with Crippen LogP contribution in [0.5, 0.6) is 5.75 Å². The molecule has 5 atom stereocenters. The molecule has 40 heavy (non-hydrogen) atoms. The van der Waals surface area contributed by atoms with Gasteiger partial charge in [0.15, 0.2) is 6.61 Å². The van der Waals surface area contributed by atoms with E-state index in [1.54, 1.807) is 36.4 Å². The molecule has 0 spiro atoms. The molecule has 0 radical (unpaired) electrons. The van der Waals surface area contributed by atoms with Gasteiger partial charge < -0.3 is 14.8 Å². The molecule has 0 unspecified atom stereocenters. The zero-order chi connectivity index (χ0) is 27.8. The molecule has 0 aromatic heterocycles. The first-order valence-corrected chi connectivity index (χ1v) is 13.7. The quantitative estimate of drug-likeness (QED) is 0.326. The lowest BCUT2D eigenvalue weighted by atomic mass is 9.73. The molecule has 1 N–H and O–H groups in total. The van der Waals surface area contributed by atoms with E-state index in [-0.39, 0.29) is 41.0 Å². The van der Waals surface area contributed by atoms with Gasteiger partial charge in [-0.1, -0.05) is 30.3 Å². The molecule has 2 aliphatic carbocycles. The lowest BCUT2D eigenvalue weighted by molar-refractivity contribution is -0.123. The number of amides is 3. The zero-order valence-electron chi connectivity index (χ0n) is 22.1. The summed E-state index contributed by atoms with van der Waals surface area (Å²) in [5.74, 6) is -0.629. The molecule has 3 fully saturated rings. The maximum atomic E-state index is 13.5. The first-order chi connectivity index (χ1) is 19.4. The molecule has 2 bridgehead atoms. The van der Waals surface area contributed by atoms with Crippen LogP contribution >= 0.6 is 0 Å². The number of benzene rings is 3. The molecular weight excluding hydrogens is 508 g/mol. The van der Waals surface area contributed by atoms with Gasteiger partial charge in [0, 0.05) is 5.69 Å². The average molecular weight is 539 g/mol. The second kappa shape index (κ2) is 10.6. The van der Waals surface area contributed by atoms with Gasteiger partial charge in [-0.25, -0.2) is 4.79 Å². The number of carbonyl (C=O) groups excluding carboxylic acids is 4. The third kappa shape index (κ3) is 4.63. The van der Waals surface area contributed by atoms with Crippen LogP contribution in [-0.4, -0.2) is 36.9 Å². The van der Waals surface area contributed by atoms with E-state index in [9.17, 15) is 19.2 Å². The largest absolute Gasteiger partial charge is 0.494 e. The fourth-order valence-corrected chi connectivity index (χ4v) is 6.76. The van der Waals surface area contributed by atoms with Gasteiger partial charge >= 0.3 is 5.97 Å². The number of esters is 1. The number of ether oxygens (including phenoxy) is 2. The Labute approximate surface area is 232 Å². The molecule has 3 amide bonds. The van der Waals surface area contributed by atoms with Gasteiger partial charge in [-0.3, -0.25) is 19.3 Å². The van der Waals surface area contributed by atoms with E-state index in [0.717, 1.165) is 12.8 Å². The number of carbonyl (C=O) groups is 4. The van der Waals surface area contributed by atoms with Gasteiger partial charge in [-0.15, -0.1) is 0 Å². The average Bonchev–Trinajstić information content (AvgIpc) is 3.64. The minimum Gasteiger partial charge on any atom is -0.494 e. The molecule has 2 saturated carbocycles. The van der Waals surface area contributed by atoms with Crippen molar-refractivity contribution in [3.63, 3.8) is 0 Å². The van der Waals surface area contributed by atoms with Gasteiger partial charge in [-0.2, -0.15) is 0 Å². The van der Waals surface area contributed by atoms with Crippen LogP contribution in [0.4, 0.5) is 11.4 Å². The number of fused-ring (bicyclic) bond motifs is 5. The Bertz CT molecular complexity index is 1440. The van der Waals surface area contributed by atoms with Crippen LogP contribution in [0.15, 0.2) is 78.9 Å². The second-order valence-corrected chi connectivity index (χ2v) is 10.6. The van der Waals surface area contributed by atoms with Crippen molar-refractivity contribution < 1.29 is 28.7 Å². The van der Waals surface area contributed by atoms with E-state index in [1.807, 2.05) is 25.1 Å². The first kappa shape index (κ1) is 25.8. The van der Waals surface area contributed by atoms with E-state index in [2.05, 4.69) is 17.4 Å². The van der Waals surface area contributed by atoms with Gasteiger partial charge in [0.1, 0.15) is 5.75 Å². The third-order valence-electron chi connectivity index (χ3n) is 8.39. The van der Waals surface area contributed by atoms with Gasteiger partial charge in [0.05, 0.1) is 29.7 Å². The van der Waals surface area contributed by atoms with E-state index >= 15 is 0 Å². The fourth-order valence-electron chi connectivity index (χ4n) is 6.76. The van der Waals surface area contributed by atoms with E-state index in [4.69, 9.17) is 9.47 Å². The van der Waals surface area contributed by atoms with Crippen molar-refractivity contribution in [2.24, 2.45) is 23.7 Å². The van der Waals surface area contributed by atoms with Crippen molar-refractivity contribution >= 4 is 35.1 Å². The molecule has 3 aromatic rings. The highest BCUT2D eigenvalue weighted by atomic mass is 16.5. The summed E-state index contributed by atoms with van der Waals surface area (Å²) in [6, 6.07) is 23.3. The summed E-state index contributed by atoms with van der Waals surface area (Å²) in [4.78, 5) is 53.0. The summed E-state index contributed by atoms with van der Waals surface area (Å²) in [7, 11) is 0. The second-order valence-electron chi connectivity index (χ2n) is 10.6. The topological polar surface area (TPSA) is 102 Å². The highest BCUT2D eigenvalue weighted by Gasteiger charge is 2.64. The molecule has 1 heterocycles. The SMILES string of the molecule is CCOc1ccc(NC(=O)COC(=O)c2ccc(N3C(=O)[C@@H]4[C@@H]5C[C@@H]([C@H]4C3=O)[C@H](c3ccccc3)C5)cc2)cc1. The van der Waals surface area contributed by atoms with Gasteiger partial charge in [-0.05, 0) is 91.6 Å². The number of nitrogens with one attached hydrogen (secondary N) is 1. The Hall–Kier alpha value is -4.46. The Morgan fingerprint density at radius 3 is 2.27 bits per heavy atom. The summed E-state index contributed by atoms with van der Waals surface area (Å²) in [5, 5.41) is 2.67. The van der Waals surface area contributed by atoms with Crippen LogP contribution in [0.1, 0.15) is 41.6 Å². The maximum Gasteiger partial charge on any atom is 0.338 e. The minimum atomic E-state index is -0.673. The number of imide groups is 1. The third-order valence-corrected chi connectivity index (χ3v) is 8.39. The molecule has 3 aromatic carbocycles. The molecule has 8 heteroatoms. The predicted octanol–water partition coefficient (Wildman–Crippen LogP) is 4.81. The number of hydrogen-bond acceptors (Lipinski definition) is 6. The lowest BCUT2D eigenvalue weighted by Crippen LogP contribution is -2.33. The van der Waals surface area contributed by atoms with Crippen LogP contribution in [0.2, 0.25) is 0 Å². The summed E-state index contributed by atoms with van der Waals surface area (Å²) < 4.78 is 10.5. The van der Waals surface area contributed by atoms with Crippen molar-refractivity contribution in [3.8, 4) is 5.75 Å². The Balaban J connectivity index is 1.07. The zero-order valence-corrected chi connectivity index (χ0v) is 22.1. The Kier molecular flexibility index (Phi) is 6.84. The lowest BCUT2D eigenvalue weighted by Gasteiger charge is -2.28. The van der Waals surface area contributed by atoms with E-state index < -0.39 is 18.5 Å². The summed E-state index contributed by atoms with van der Waals surface area (Å²) in [6.07, 6.45) is 1.84. The van der Waals surface area contributed by atoms with E-state index in [1.165, 1.54) is 22.6 Å². The minimum absolute atomic E-state index is 0.143. The highest BCUT2D eigenvalue weighted by Crippen LogP contribution is 2.61. The Morgan fingerprint density at radius 2 is 1.57 bits per heavy atom. The first-order valence-electron chi connectivity index (χ1n) is 13.7. The number of nitrogens with zero attached hydrogens (tertiary/aromatic N) is 1. The van der Waals surface area contributed by atoms with Crippen molar-refractivity contribution in [3.05, 3.63) is 90.0 Å². The van der Waals surface area contributed by atoms with Crippen LogP contribution in [0.3, 0.4) is 0 Å². The van der Waals surface area contributed by atoms with Crippen LogP contribution in [0.25, 0.3) is 0 Å². The van der Waals surface area contributed by atoms with Crippen molar-refractivity contribution in [1.82, 2.24) is 0 Å². The fraction of sp³-hybridized carbons (Fsp3) is 0.312. The Morgan fingerprint density at radius 1 is 0.875 bits per heavy atom. The van der Waals surface area contributed by atoms with Crippen molar-refractivity contribution in [2.45, 2.75) is 25.7 Å². The smallest absolute Gasteiger partial charge is 0.338 e. The molecule has 1 aliphatic heterocycles. The normalized spacial score (nSPS) is 24.6. The van der Waals surface area contributed by atoms with Gasteiger partial charge in [0.2, 0.25) is 11.8 Å². The standard InChI is InChI=1S/C32H30N2O6/c1-2-39-24-14-10-22(11-15-24)33-27(35)18-40-32(38)20-8-12-23(13-9-20)34-30(36)28-21-16-25(19-6-4-3-5-7-19)26(17-21)29(28)31(34)37/h3-15,21,25-26,28-29H,2,16-18H2,1H3,(H,33,35)/t21-,25-,26+,28+,29+/m0/s1. The summed E-state index contributed by atoms with van der Waals surface area (Å²) >= 11 is 0. The van der Waals surface area contributed by atoms with Crippen LogP contribution in [-0.2, 0) is 19.1 Å². The number of hydrogen-bond donors (Lipinski definition) is 1. The molecule has 8 nitrogen and oxygen atoms in total. The monoisotopic (exact) mass is 538 g/mol. The molecule has 1 saturated heterocycles. The molecular formula is C32H30N2O6. The maximum absolute atomic E-state index is 13.5. The number of rotatable bonds is 8. The van der Waals surface area contributed by atoms with Crippen LogP contribution < -0.4 is 15.0 Å². The van der Waals surface area contributed by atoms with E-state index in [0.29, 0.717) is 29.6 Å². The highest BCUT2D eigenvalue weighted by molar-refractivity contribution is 6.22. The predicted molar refractivity (Wildman–Crippen MR) is 148 cm³/mol. The molecule has 6 rings (SSSR count). The van der Waals surface area contributed by atoms with Crippen LogP contribution in [0, 0.1) is 23.7 Å². The van der Waals surface area contributed by atoms with Gasteiger partial charge in [0.25, 0.3) is 5.91 Å². The summed E-state index contributed by atoms with van der Waals surface area (Å²) in [6.45, 7) is 1.98. The van der Waals surface area contributed by atoms with Crippen molar-refractivity contribution in [1.29, 1.82) is 0 Å². The molecule has 204 valence electrons. The summed E-state index contributed by atoms with van der Waals surface area (Å²) in [5.41, 5.74) is 2.47. The van der Waals surface area contributed by atoms with Crippen molar-refractivity contribution in [2.75, 3.05) is 23.4 Å².